The van der Waals surface area contributed by atoms with Crippen molar-refractivity contribution in [2.24, 2.45) is 5.41 Å². The van der Waals surface area contributed by atoms with Gasteiger partial charge in [0, 0.05) is 12.8 Å². The van der Waals surface area contributed by atoms with Gasteiger partial charge in [-0.15, -0.1) is 0 Å². The standard InChI is InChI=1S/C13H12F12O4/c1-3-7(14,15)5-26-10(18,19)9(11(20,21)27-5)12(22,23)28-6(8(16,17)4-2)29-13(9,24)25/h5-6H,3-4H2,1-2H3. The van der Waals surface area contributed by atoms with Gasteiger partial charge in [0.15, 0.2) is 0 Å². The Morgan fingerprint density at radius 1 is 0.552 bits per heavy atom. The van der Waals surface area contributed by atoms with E-state index in [9.17, 15) is 52.7 Å². The molecule has 2 fully saturated rings. The maximum Gasteiger partial charge on any atom is 0.389 e. The average molecular weight is 460 g/mol. The van der Waals surface area contributed by atoms with E-state index in [0.717, 1.165) is 0 Å². The van der Waals surface area contributed by atoms with Crippen LogP contribution in [-0.2, 0) is 18.9 Å². The van der Waals surface area contributed by atoms with Crippen molar-refractivity contribution in [3.05, 3.63) is 0 Å². The number of rotatable bonds is 4. The number of hydrogen-bond acceptors (Lipinski definition) is 4. The van der Waals surface area contributed by atoms with Crippen molar-refractivity contribution in [3.8, 4) is 0 Å². The molecule has 29 heavy (non-hydrogen) atoms. The summed E-state index contributed by atoms with van der Waals surface area (Å²) in [5.41, 5.74) is -6.55. The first-order chi connectivity index (χ1) is 12.7. The van der Waals surface area contributed by atoms with Crippen LogP contribution in [0.1, 0.15) is 26.7 Å². The van der Waals surface area contributed by atoms with Crippen LogP contribution in [0.3, 0.4) is 0 Å². The fourth-order valence-electron chi connectivity index (χ4n) is 2.63. The van der Waals surface area contributed by atoms with Gasteiger partial charge in [-0.1, -0.05) is 13.8 Å². The Kier molecular flexibility index (Phi) is 5.44. The van der Waals surface area contributed by atoms with Gasteiger partial charge < -0.3 is 0 Å². The molecule has 0 atom stereocenters. The summed E-state index contributed by atoms with van der Waals surface area (Å²) in [5.74, 6) is -9.32. The third-order valence-corrected chi connectivity index (χ3v) is 4.40. The van der Waals surface area contributed by atoms with Crippen LogP contribution in [0.2, 0.25) is 0 Å². The molecule has 0 N–H and O–H groups in total. The molecule has 0 aliphatic carbocycles. The van der Waals surface area contributed by atoms with Gasteiger partial charge in [-0.3, -0.25) is 18.9 Å². The van der Waals surface area contributed by atoms with E-state index in [2.05, 4.69) is 18.9 Å². The average Bonchev–Trinajstić information content (AvgIpc) is 2.50. The van der Waals surface area contributed by atoms with Gasteiger partial charge in [0.2, 0.25) is 12.6 Å². The highest BCUT2D eigenvalue weighted by atomic mass is 19.3. The summed E-state index contributed by atoms with van der Waals surface area (Å²) in [4.78, 5) is 0. The lowest BCUT2D eigenvalue weighted by Crippen LogP contribution is -2.81. The number of hydrogen-bond donors (Lipinski definition) is 0. The molecule has 0 saturated carbocycles. The molecule has 172 valence electrons. The van der Waals surface area contributed by atoms with E-state index >= 15 is 0 Å². The Morgan fingerprint density at radius 2 is 0.759 bits per heavy atom. The first kappa shape index (κ1) is 24.3. The zero-order valence-corrected chi connectivity index (χ0v) is 14.2. The van der Waals surface area contributed by atoms with Gasteiger partial charge in [-0.25, -0.2) is 17.6 Å². The fraction of sp³-hybridized carbons (Fsp3) is 1.00. The Bertz CT molecular complexity index is 544. The second-order valence-corrected chi connectivity index (χ2v) is 6.18. The minimum Gasteiger partial charge on any atom is -0.283 e. The summed E-state index contributed by atoms with van der Waals surface area (Å²) in [6.45, 7) is 1.14. The molecule has 0 aromatic carbocycles. The molecule has 2 saturated heterocycles. The predicted molar refractivity (Wildman–Crippen MR) is 64.6 cm³/mol. The molecular weight excluding hydrogens is 448 g/mol. The molecule has 0 aromatic rings. The van der Waals surface area contributed by atoms with Crippen LogP contribution in [0, 0.1) is 5.41 Å². The number of ether oxygens (including phenoxy) is 4. The van der Waals surface area contributed by atoms with E-state index in [1.165, 1.54) is 0 Å². The summed E-state index contributed by atoms with van der Waals surface area (Å²) in [6, 6.07) is 0. The Labute approximate surface area is 154 Å². The predicted octanol–water partition coefficient (Wildman–Crippen LogP) is 5.18. The molecule has 0 bridgehead atoms. The maximum atomic E-state index is 14.2. The van der Waals surface area contributed by atoms with Crippen LogP contribution < -0.4 is 0 Å². The van der Waals surface area contributed by atoms with Crippen molar-refractivity contribution >= 4 is 0 Å². The zero-order valence-electron chi connectivity index (χ0n) is 14.2. The Morgan fingerprint density at radius 3 is 0.931 bits per heavy atom. The number of halogens is 12. The summed E-state index contributed by atoms with van der Waals surface area (Å²) < 4.78 is 180. The Hall–Kier alpha value is -1.00. The van der Waals surface area contributed by atoms with Crippen molar-refractivity contribution in [2.75, 3.05) is 0 Å². The lowest BCUT2D eigenvalue weighted by atomic mass is 9.79. The van der Waals surface area contributed by atoms with Gasteiger partial charge in [-0.2, -0.15) is 35.1 Å². The molecule has 2 aliphatic heterocycles. The smallest absolute Gasteiger partial charge is 0.283 e. The molecule has 2 aliphatic rings. The molecule has 2 heterocycles. The summed E-state index contributed by atoms with van der Waals surface area (Å²) in [6.07, 6.45) is -36.9. The fourth-order valence-corrected chi connectivity index (χ4v) is 2.63. The van der Waals surface area contributed by atoms with E-state index < -0.39 is 67.1 Å². The highest BCUT2D eigenvalue weighted by molar-refractivity contribution is 5.11. The minimum atomic E-state index is -6.55. The third kappa shape index (κ3) is 3.17. The molecular formula is C13H12F12O4. The topological polar surface area (TPSA) is 36.9 Å². The lowest BCUT2D eigenvalue weighted by Gasteiger charge is -2.56. The van der Waals surface area contributed by atoms with Crippen molar-refractivity contribution in [3.63, 3.8) is 0 Å². The van der Waals surface area contributed by atoms with Crippen molar-refractivity contribution < 1.29 is 71.6 Å². The highest BCUT2D eigenvalue weighted by Gasteiger charge is 2.98. The molecule has 2 rings (SSSR count). The van der Waals surface area contributed by atoms with Gasteiger partial charge in [-0.05, 0) is 0 Å². The van der Waals surface area contributed by atoms with E-state index in [4.69, 9.17) is 0 Å². The SMILES string of the molecule is CCC(F)(F)C1OC(F)(F)C2(C(F)(F)O1)C(F)(F)OC(C(F)(F)CC)OC2(F)F. The largest absolute Gasteiger partial charge is 0.389 e. The van der Waals surface area contributed by atoms with Gasteiger partial charge in [0.05, 0.1) is 0 Å². The van der Waals surface area contributed by atoms with Crippen molar-refractivity contribution in [1.29, 1.82) is 0 Å². The summed E-state index contributed by atoms with van der Waals surface area (Å²) in [5, 5.41) is 0. The second kappa shape index (κ2) is 6.50. The molecule has 0 unspecified atom stereocenters. The highest BCUT2D eigenvalue weighted by Crippen LogP contribution is 2.71. The molecule has 1 spiro atoms. The van der Waals surface area contributed by atoms with Crippen LogP contribution in [-0.4, -0.2) is 48.9 Å². The van der Waals surface area contributed by atoms with E-state index in [1.54, 1.807) is 0 Å². The summed E-state index contributed by atoms with van der Waals surface area (Å²) >= 11 is 0. The monoisotopic (exact) mass is 460 g/mol. The molecule has 0 radical (unpaired) electrons. The first-order valence-corrected chi connectivity index (χ1v) is 7.73. The number of alkyl halides is 12. The quantitative estimate of drug-likeness (QED) is 0.542. The van der Waals surface area contributed by atoms with Crippen LogP contribution >= 0.6 is 0 Å². The van der Waals surface area contributed by atoms with Crippen LogP contribution in [0.5, 0.6) is 0 Å². The van der Waals surface area contributed by atoms with Gasteiger partial charge in [0.25, 0.3) is 11.8 Å². The third-order valence-electron chi connectivity index (χ3n) is 4.40. The van der Waals surface area contributed by atoms with E-state index in [-0.39, 0.29) is 0 Å². The van der Waals surface area contributed by atoms with Gasteiger partial charge >= 0.3 is 29.8 Å². The normalized spacial score (nSPS) is 36.2. The van der Waals surface area contributed by atoms with Gasteiger partial charge in [0.1, 0.15) is 0 Å². The Balaban J connectivity index is 2.66. The minimum absolute atomic E-state index is 0.570. The van der Waals surface area contributed by atoms with Crippen LogP contribution in [0.25, 0.3) is 0 Å². The van der Waals surface area contributed by atoms with E-state index in [1.807, 2.05) is 0 Å². The molecule has 16 heteroatoms. The zero-order chi connectivity index (χ0) is 22.9. The molecule has 0 amide bonds. The van der Waals surface area contributed by atoms with Crippen molar-refractivity contribution in [1.82, 2.24) is 0 Å². The first-order valence-electron chi connectivity index (χ1n) is 7.73. The molecule has 0 aromatic heterocycles. The maximum absolute atomic E-state index is 14.2. The van der Waals surface area contributed by atoms with Crippen molar-refractivity contribution in [2.45, 2.75) is 75.5 Å². The lowest BCUT2D eigenvalue weighted by molar-refractivity contribution is -0.654. The van der Waals surface area contributed by atoms with Crippen LogP contribution in [0.4, 0.5) is 52.7 Å². The summed E-state index contributed by atoms with van der Waals surface area (Å²) in [7, 11) is 0. The second-order valence-electron chi connectivity index (χ2n) is 6.18. The van der Waals surface area contributed by atoms with E-state index in [0.29, 0.717) is 13.8 Å². The van der Waals surface area contributed by atoms with Crippen LogP contribution in [0.15, 0.2) is 0 Å². The molecule has 4 nitrogen and oxygen atoms in total.